The summed E-state index contributed by atoms with van der Waals surface area (Å²) in [6.45, 7) is 6.77. The van der Waals surface area contributed by atoms with Crippen LogP contribution in [0.15, 0.2) is 46.7 Å². The van der Waals surface area contributed by atoms with Gasteiger partial charge in [0.1, 0.15) is 28.3 Å². The van der Waals surface area contributed by atoms with Crippen LogP contribution in [0, 0.1) is 35.3 Å². The van der Waals surface area contributed by atoms with Crippen molar-refractivity contribution < 1.29 is 17.8 Å². The van der Waals surface area contributed by atoms with Gasteiger partial charge in [-0.05, 0) is 103 Å². The van der Waals surface area contributed by atoms with Gasteiger partial charge in [-0.25, -0.2) is 27.8 Å². The number of carbonyl (C=O) groups is 1. The fourth-order valence-electron chi connectivity index (χ4n) is 7.22. The van der Waals surface area contributed by atoms with Crippen molar-refractivity contribution in [1.29, 1.82) is 0 Å². The van der Waals surface area contributed by atoms with E-state index in [1.807, 2.05) is 10.7 Å². The molecule has 0 amide bonds. The van der Waals surface area contributed by atoms with Crippen molar-refractivity contribution in [3.05, 3.63) is 81.5 Å². The third-order valence-corrected chi connectivity index (χ3v) is 11.4. The van der Waals surface area contributed by atoms with Crippen LogP contribution in [0.1, 0.15) is 98.1 Å². The van der Waals surface area contributed by atoms with Crippen molar-refractivity contribution in [2.75, 3.05) is 0 Å². The zero-order valence-electron chi connectivity index (χ0n) is 26.0. The minimum Gasteiger partial charge on any atom is -0.296 e. The molecule has 4 aromatic rings. The van der Waals surface area contributed by atoms with E-state index in [4.69, 9.17) is 10.2 Å². The largest absolute Gasteiger partial charge is 0.296 e. The van der Waals surface area contributed by atoms with Gasteiger partial charge in [-0.2, -0.15) is 5.10 Å². The SMILES string of the molecule is CCC1CC(C)CCC(C)C1c1cc(-c2nn(-c3nc(C=O)cs3)c(CC3CC3)c2Cc2ccc(S(N)=O)c(F)c2)ccc1F. The van der Waals surface area contributed by atoms with Gasteiger partial charge in [0, 0.05) is 22.9 Å². The maximum absolute atomic E-state index is 15.8. The second-order valence-electron chi connectivity index (χ2n) is 13.1. The summed E-state index contributed by atoms with van der Waals surface area (Å²) in [7, 11) is -1.93. The number of carbonyl (C=O) groups excluding carboxylic acids is 1. The van der Waals surface area contributed by atoms with Crippen molar-refractivity contribution in [2.45, 2.75) is 83.0 Å². The lowest BCUT2D eigenvalue weighted by atomic mass is 9.74. The Hall–Kier alpha value is -3.08. The second-order valence-corrected chi connectivity index (χ2v) is 14.9. The number of hydrogen-bond acceptors (Lipinski definition) is 5. The van der Waals surface area contributed by atoms with E-state index in [2.05, 4.69) is 25.8 Å². The van der Waals surface area contributed by atoms with Gasteiger partial charge in [0.25, 0.3) is 0 Å². The topological polar surface area (TPSA) is 90.9 Å². The summed E-state index contributed by atoms with van der Waals surface area (Å²) >= 11 is 1.34. The summed E-state index contributed by atoms with van der Waals surface area (Å²) < 4.78 is 44.4. The third-order valence-electron chi connectivity index (χ3n) is 9.77. The minimum atomic E-state index is -1.93. The standard InChI is InChI=1S/C35H40F2N4O2S2/c1-4-24-13-20(2)5-6-21(3)33(24)27-17-25(10-11-29(27)36)34-28(14-23-9-12-32(45(38)43)30(37)15-23)31(16-22-7-8-22)41(40-34)35-39-26(18-42)19-44-35/h9-12,15,17-22,24,33H,4-8,13-14,16,38H2,1-3H3. The van der Waals surface area contributed by atoms with Gasteiger partial charge in [0.05, 0.1) is 16.3 Å². The molecule has 5 atom stereocenters. The molecule has 45 heavy (non-hydrogen) atoms. The number of rotatable bonds is 10. The van der Waals surface area contributed by atoms with Crippen LogP contribution in [0.5, 0.6) is 0 Å². The Morgan fingerprint density at radius 2 is 1.89 bits per heavy atom. The lowest BCUT2D eigenvalue weighted by Crippen LogP contribution is -2.19. The van der Waals surface area contributed by atoms with Crippen molar-refractivity contribution in [1.82, 2.24) is 14.8 Å². The molecule has 2 N–H and O–H groups in total. The van der Waals surface area contributed by atoms with Gasteiger partial charge < -0.3 is 0 Å². The Balaban J connectivity index is 1.52. The summed E-state index contributed by atoms with van der Waals surface area (Å²) in [6, 6.07) is 9.95. The molecule has 2 aliphatic rings. The molecule has 0 spiro atoms. The number of thiazole rings is 1. The van der Waals surface area contributed by atoms with E-state index in [0.29, 0.717) is 52.2 Å². The smallest absolute Gasteiger partial charge is 0.211 e. The quantitative estimate of drug-likeness (QED) is 0.138. The fourth-order valence-corrected chi connectivity index (χ4v) is 8.41. The molecule has 238 valence electrons. The van der Waals surface area contributed by atoms with E-state index in [1.165, 1.54) is 23.5 Å². The number of aromatic nitrogens is 3. The van der Waals surface area contributed by atoms with E-state index in [-0.39, 0.29) is 16.6 Å². The number of halogens is 2. The van der Waals surface area contributed by atoms with E-state index in [1.54, 1.807) is 23.6 Å². The Bertz CT molecular complexity index is 1730. The van der Waals surface area contributed by atoms with Gasteiger partial charge in [-0.15, -0.1) is 11.3 Å². The summed E-state index contributed by atoms with van der Waals surface area (Å²) in [4.78, 5) is 16.0. The molecule has 0 aliphatic heterocycles. The summed E-state index contributed by atoms with van der Waals surface area (Å²) in [6.07, 6.45) is 8.36. The Morgan fingerprint density at radius 1 is 1.09 bits per heavy atom. The molecule has 10 heteroatoms. The average Bonchev–Trinajstić information content (AvgIpc) is 3.63. The van der Waals surface area contributed by atoms with Crippen LogP contribution < -0.4 is 5.14 Å². The summed E-state index contributed by atoms with van der Waals surface area (Å²) in [5.41, 5.74) is 5.14. The first-order valence-electron chi connectivity index (χ1n) is 15.9. The lowest BCUT2D eigenvalue weighted by molar-refractivity contribution is 0.111. The maximum Gasteiger partial charge on any atom is 0.211 e. The highest BCUT2D eigenvalue weighted by Crippen LogP contribution is 2.46. The molecule has 2 saturated carbocycles. The van der Waals surface area contributed by atoms with Crippen LogP contribution >= 0.6 is 11.3 Å². The normalized spacial score (nSPS) is 22.7. The molecule has 2 aromatic carbocycles. The van der Waals surface area contributed by atoms with Gasteiger partial charge in [0.15, 0.2) is 6.29 Å². The molecule has 6 nitrogen and oxygen atoms in total. The predicted octanol–water partition coefficient (Wildman–Crippen LogP) is 8.18. The average molecular weight is 651 g/mol. The van der Waals surface area contributed by atoms with Crippen LogP contribution in [0.25, 0.3) is 16.4 Å². The monoisotopic (exact) mass is 650 g/mol. The van der Waals surface area contributed by atoms with E-state index < -0.39 is 16.8 Å². The molecular weight excluding hydrogens is 611 g/mol. The molecule has 0 saturated heterocycles. The first-order valence-corrected chi connectivity index (χ1v) is 18.0. The highest BCUT2D eigenvalue weighted by Gasteiger charge is 2.34. The molecule has 2 fully saturated rings. The van der Waals surface area contributed by atoms with Crippen molar-refractivity contribution in [3.63, 3.8) is 0 Å². The first kappa shape index (κ1) is 31.9. The van der Waals surface area contributed by atoms with Crippen molar-refractivity contribution >= 4 is 28.6 Å². The van der Waals surface area contributed by atoms with Gasteiger partial charge in [-0.1, -0.05) is 39.7 Å². The molecule has 5 unspecified atom stereocenters. The van der Waals surface area contributed by atoms with Gasteiger partial charge >= 0.3 is 0 Å². The van der Waals surface area contributed by atoms with Gasteiger partial charge in [0.2, 0.25) is 5.13 Å². The first-order chi connectivity index (χ1) is 21.7. The predicted molar refractivity (Wildman–Crippen MR) is 175 cm³/mol. The zero-order chi connectivity index (χ0) is 31.8. The van der Waals surface area contributed by atoms with Crippen molar-refractivity contribution in [3.8, 4) is 16.4 Å². The Morgan fingerprint density at radius 3 is 2.56 bits per heavy atom. The number of nitrogens with two attached hydrogens (primary N) is 1. The minimum absolute atomic E-state index is 0.0439. The van der Waals surface area contributed by atoms with Crippen LogP contribution in [0.4, 0.5) is 8.78 Å². The van der Waals surface area contributed by atoms with E-state index in [9.17, 15) is 13.4 Å². The fraction of sp³-hybridized carbons (Fsp3) is 0.457. The molecule has 6 rings (SSSR count). The molecule has 2 heterocycles. The number of hydrogen-bond donors (Lipinski definition) is 1. The van der Waals surface area contributed by atoms with E-state index >= 15 is 4.39 Å². The Labute approximate surface area is 270 Å². The Kier molecular flexibility index (Phi) is 9.45. The van der Waals surface area contributed by atoms with Crippen LogP contribution in [0.2, 0.25) is 0 Å². The molecule has 2 aromatic heterocycles. The second kappa shape index (κ2) is 13.3. The summed E-state index contributed by atoms with van der Waals surface area (Å²) in [5.74, 6) is 1.14. The van der Waals surface area contributed by atoms with Gasteiger partial charge in [-0.3, -0.25) is 4.79 Å². The number of aldehydes is 1. The number of benzene rings is 2. The molecule has 0 bridgehead atoms. The zero-order valence-corrected chi connectivity index (χ0v) is 27.6. The van der Waals surface area contributed by atoms with Crippen LogP contribution in [-0.4, -0.2) is 25.3 Å². The lowest BCUT2D eigenvalue weighted by Gasteiger charge is -2.30. The molecular formula is C35H40F2N4O2S2. The van der Waals surface area contributed by atoms with Crippen molar-refractivity contribution in [2.24, 2.45) is 28.8 Å². The summed E-state index contributed by atoms with van der Waals surface area (Å²) in [5, 5.41) is 12.9. The van der Waals surface area contributed by atoms with E-state index in [0.717, 1.165) is 73.6 Å². The third kappa shape index (κ3) is 6.74. The highest BCUT2D eigenvalue weighted by atomic mass is 32.2. The maximum atomic E-state index is 15.8. The van der Waals surface area contributed by atoms with Crippen LogP contribution in [-0.2, 0) is 23.8 Å². The molecule has 0 radical (unpaired) electrons. The molecule has 2 aliphatic carbocycles. The van der Waals surface area contributed by atoms with Crippen LogP contribution in [0.3, 0.4) is 0 Å². The highest BCUT2D eigenvalue weighted by molar-refractivity contribution is 7.82. The number of nitrogens with zero attached hydrogens (tertiary/aromatic N) is 3.